The fraction of sp³-hybridized carbons (Fsp3) is 0.231. The molecule has 7 heteroatoms. The van der Waals surface area contributed by atoms with Crippen molar-refractivity contribution in [3.8, 4) is 0 Å². The summed E-state index contributed by atoms with van der Waals surface area (Å²) in [6.07, 6.45) is 0.0705. The van der Waals surface area contributed by atoms with E-state index in [2.05, 4.69) is 17.2 Å². The van der Waals surface area contributed by atoms with Gasteiger partial charge in [0.2, 0.25) is 5.91 Å². The quantitative estimate of drug-likeness (QED) is 0.695. The zero-order valence-corrected chi connectivity index (χ0v) is 12.0. The Morgan fingerprint density at radius 3 is 2.40 bits per heavy atom. The lowest BCUT2D eigenvalue weighted by Gasteiger charge is -2.12. The van der Waals surface area contributed by atoms with Crippen molar-refractivity contribution in [1.82, 2.24) is 10.6 Å². The van der Waals surface area contributed by atoms with Gasteiger partial charge in [0.15, 0.2) is 6.10 Å². The molecule has 0 aromatic heterocycles. The molecule has 0 fully saturated rings. The monoisotopic (exact) mass is 316 g/mol. The third kappa shape index (κ3) is 5.21. The van der Waals surface area contributed by atoms with E-state index in [0.29, 0.717) is 16.6 Å². The van der Waals surface area contributed by atoms with Gasteiger partial charge in [-0.3, -0.25) is 9.59 Å². The molecule has 1 atom stereocenters. The van der Waals surface area contributed by atoms with E-state index in [-0.39, 0.29) is 18.0 Å². The van der Waals surface area contributed by atoms with Crippen LogP contribution >= 0.6 is 23.2 Å². The lowest BCUT2D eigenvalue weighted by molar-refractivity contribution is -0.132. The van der Waals surface area contributed by atoms with Crippen LogP contribution in [0.3, 0.4) is 0 Å². The fourth-order valence-corrected chi connectivity index (χ4v) is 1.94. The van der Waals surface area contributed by atoms with Crippen molar-refractivity contribution < 1.29 is 14.7 Å². The van der Waals surface area contributed by atoms with Gasteiger partial charge in [0, 0.05) is 16.6 Å². The number of aliphatic hydroxyl groups is 1. The Morgan fingerprint density at radius 2 is 1.85 bits per heavy atom. The average molecular weight is 317 g/mol. The maximum Gasteiger partial charge on any atom is 0.253 e. The number of halogens is 2. The molecule has 5 nitrogen and oxygen atoms in total. The number of hydrogen-bond donors (Lipinski definition) is 3. The zero-order valence-electron chi connectivity index (χ0n) is 10.5. The molecule has 0 spiro atoms. The SMILES string of the molecule is C=CCNC(=O)CNC(=O)C(O)c1cc(Cl)cc(Cl)c1. The number of aliphatic hydroxyl groups excluding tert-OH is 1. The predicted molar refractivity (Wildman–Crippen MR) is 77.6 cm³/mol. The number of carbonyl (C=O) groups excluding carboxylic acids is 2. The molecule has 0 aliphatic rings. The zero-order chi connectivity index (χ0) is 15.1. The molecular weight excluding hydrogens is 303 g/mol. The first-order valence-electron chi connectivity index (χ1n) is 5.73. The van der Waals surface area contributed by atoms with Crippen LogP contribution in [0.25, 0.3) is 0 Å². The van der Waals surface area contributed by atoms with Crippen LogP contribution in [-0.2, 0) is 9.59 Å². The Bertz CT molecular complexity index is 500. The predicted octanol–water partition coefficient (Wildman–Crippen LogP) is 1.45. The van der Waals surface area contributed by atoms with Crippen molar-refractivity contribution in [2.75, 3.05) is 13.1 Å². The number of amides is 2. The van der Waals surface area contributed by atoms with Crippen molar-refractivity contribution in [2.45, 2.75) is 6.10 Å². The Balaban J connectivity index is 2.58. The van der Waals surface area contributed by atoms with Gasteiger partial charge in [0.05, 0.1) is 6.54 Å². The highest BCUT2D eigenvalue weighted by Gasteiger charge is 2.18. The van der Waals surface area contributed by atoms with Crippen molar-refractivity contribution in [3.05, 3.63) is 46.5 Å². The van der Waals surface area contributed by atoms with E-state index in [1.54, 1.807) is 0 Å². The van der Waals surface area contributed by atoms with E-state index in [4.69, 9.17) is 23.2 Å². The van der Waals surface area contributed by atoms with E-state index in [1.807, 2.05) is 0 Å². The summed E-state index contributed by atoms with van der Waals surface area (Å²) >= 11 is 11.6. The third-order valence-corrected chi connectivity index (χ3v) is 2.75. The molecule has 1 unspecified atom stereocenters. The third-order valence-electron chi connectivity index (χ3n) is 2.32. The summed E-state index contributed by atoms with van der Waals surface area (Å²) in [5.74, 6) is -1.09. The molecule has 0 radical (unpaired) electrons. The average Bonchev–Trinajstić information content (AvgIpc) is 2.40. The van der Waals surface area contributed by atoms with Crippen molar-refractivity contribution in [2.24, 2.45) is 0 Å². The van der Waals surface area contributed by atoms with E-state index < -0.39 is 12.0 Å². The number of rotatable bonds is 6. The maximum absolute atomic E-state index is 11.7. The Kier molecular flexibility index (Phi) is 6.51. The molecule has 20 heavy (non-hydrogen) atoms. The molecule has 1 aromatic carbocycles. The first kappa shape index (κ1) is 16.5. The maximum atomic E-state index is 11.7. The normalized spacial score (nSPS) is 11.6. The largest absolute Gasteiger partial charge is 0.378 e. The minimum atomic E-state index is -1.45. The molecule has 0 heterocycles. The first-order chi connectivity index (χ1) is 9.43. The van der Waals surface area contributed by atoms with Crippen LogP contribution < -0.4 is 10.6 Å². The van der Waals surface area contributed by atoms with Crippen LogP contribution in [0.2, 0.25) is 10.0 Å². The second kappa shape index (κ2) is 7.89. The summed E-state index contributed by atoms with van der Waals surface area (Å²) in [7, 11) is 0. The standard InChI is InChI=1S/C13H14Cl2N2O3/c1-2-3-16-11(18)7-17-13(20)12(19)8-4-9(14)6-10(15)5-8/h2,4-6,12,19H,1,3,7H2,(H,16,18)(H,17,20). The summed E-state index contributed by atoms with van der Waals surface area (Å²) in [5.41, 5.74) is 0.256. The highest BCUT2D eigenvalue weighted by Crippen LogP contribution is 2.23. The van der Waals surface area contributed by atoms with Gasteiger partial charge in [-0.1, -0.05) is 29.3 Å². The smallest absolute Gasteiger partial charge is 0.253 e. The Hall–Kier alpha value is -1.56. The molecule has 108 valence electrons. The second-order valence-corrected chi connectivity index (χ2v) is 4.79. The molecule has 0 saturated carbocycles. The second-order valence-electron chi connectivity index (χ2n) is 3.92. The molecule has 2 amide bonds. The summed E-state index contributed by atoms with van der Waals surface area (Å²) in [6.45, 7) is 3.51. The molecule has 3 N–H and O–H groups in total. The van der Waals surface area contributed by atoms with Gasteiger partial charge in [-0.25, -0.2) is 0 Å². The van der Waals surface area contributed by atoms with Crippen LogP contribution in [0.5, 0.6) is 0 Å². The Labute approximate surface area is 126 Å². The van der Waals surface area contributed by atoms with Crippen molar-refractivity contribution >= 4 is 35.0 Å². The topological polar surface area (TPSA) is 78.4 Å². The molecule has 0 saturated heterocycles. The van der Waals surface area contributed by atoms with Crippen LogP contribution in [-0.4, -0.2) is 30.0 Å². The molecule has 1 aromatic rings. The molecule has 0 aliphatic carbocycles. The number of benzene rings is 1. The molecule has 0 bridgehead atoms. The van der Waals surface area contributed by atoms with Crippen molar-refractivity contribution in [1.29, 1.82) is 0 Å². The lowest BCUT2D eigenvalue weighted by Crippen LogP contribution is -2.39. The van der Waals surface area contributed by atoms with Crippen LogP contribution in [0.1, 0.15) is 11.7 Å². The van der Waals surface area contributed by atoms with E-state index in [9.17, 15) is 14.7 Å². The summed E-state index contributed by atoms with van der Waals surface area (Å²) in [6, 6.07) is 4.34. The molecule has 0 aliphatic heterocycles. The number of hydrogen-bond acceptors (Lipinski definition) is 3. The van der Waals surface area contributed by atoms with Gasteiger partial charge in [-0.05, 0) is 23.8 Å². The van der Waals surface area contributed by atoms with Gasteiger partial charge >= 0.3 is 0 Å². The fourth-order valence-electron chi connectivity index (χ4n) is 1.40. The summed E-state index contributed by atoms with van der Waals surface area (Å²) < 4.78 is 0. The minimum absolute atomic E-state index is 0.238. The minimum Gasteiger partial charge on any atom is -0.378 e. The Morgan fingerprint density at radius 1 is 1.25 bits per heavy atom. The van der Waals surface area contributed by atoms with Gasteiger partial charge in [0.1, 0.15) is 0 Å². The highest BCUT2D eigenvalue weighted by molar-refractivity contribution is 6.34. The number of nitrogens with one attached hydrogen (secondary N) is 2. The van der Waals surface area contributed by atoms with Crippen LogP contribution in [0, 0.1) is 0 Å². The van der Waals surface area contributed by atoms with Gasteiger partial charge < -0.3 is 15.7 Å². The molecular formula is C13H14Cl2N2O3. The number of carbonyl (C=O) groups is 2. The highest BCUT2D eigenvalue weighted by atomic mass is 35.5. The van der Waals surface area contributed by atoms with Gasteiger partial charge in [-0.2, -0.15) is 0 Å². The van der Waals surface area contributed by atoms with Crippen LogP contribution in [0.15, 0.2) is 30.9 Å². The van der Waals surface area contributed by atoms with Gasteiger partial charge in [0.25, 0.3) is 5.91 Å². The van der Waals surface area contributed by atoms with Crippen LogP contribution in [0.4, 0.5) is 0 Å². The first-order valence-corrected chi connectivity index (χ1v) is 6.49. The van der Waals surface area contributed by atoms with Gasteiger partial charge in [-0.15, -0.1) is 6.58 Å². The van der Waals surface area contributed by atoms with Crippen molar-refractivity contribution in [3.63, 3.8) is 0 Å². The summed E-state index contributed by atoms with van der Waals surface area (Å²) in [4.78, 5) is 23.0. The van der Waals surface area contributed by atoms with E-state index >= 15 is 0 Å². The summed E-state index contributed by atoms with van der Waals surface area (Å²) in [5, 5.41) is 15.3. The van der Waals surface area contributed by atoms with E-state index in [1.165, 1.54) is 24.3 Å². The molecule has 1 rings (SSSR count). The lowest BCUT2D eigenvalue weighted by atomic mass is 10.1. The van der Waals surface area contributed by atoms with E-state index in [0.717, 1.165) is 0 Å².